The van der Waals surface area contributed by atoms with Crippen LogP contribution in [0.2, 0.25) is 0 Å². The summed E-state index contributed by atoms with van der Waals surface area (Å²) in [6.07, 6.45) is -3.67. The number of halogens is 3. The van der Waals surface area contributed by atoms with E-state index in [-0.39, 0.29) is 11.4 Å². The average Bonchev–Trinajstić information content (AvgIpc) is 2.93. The quantitative estimate of drug-likeness (QED) is 0.765. The second-order valence-electron chi connectivity index (χ2n) is 5.78. The smallest absolute Gasteiger partial charge is 0.497 e. The number of carbonyl (C=O) groups is 2. The van der Waals surface area contributed by atoms with Gasteiger partial charge >= 0.3 is 6.36 Å². The number of alkyl halides is 3. The molecule has 2 aromatic carbocycles. The van der Waals surface area contributed by atoms with Gasteiger partial charge in [-0.15, -0.1) is 13.2 Å². The van der Waals surface area contributed by atoms with Crippen LogP contribution in [0, 0.1) is 0 Å². The molecule has 0 radical (unpaired) electrons. The Morgan fingerprint density at radius 3 is 2.14 bits per heavy atom. The summed E-state index contributed by atoms with van der Waals surface area (Å²) in [4.78, 5) is 25.5. The molecule has 28 heavy (non-hydrogen) atoms. The Morgan fingerprint density at radius 2 is 1.57 bits per heavy atom. The van der Waals surface area contributed by atoms with E-state index in [0.29, 0.717) is 12.3 Å². The summed E-state index contributed by atoms with van der Waals surface area (Å²) in [6.45, 7) is 0.307. The highest BCUT2D eigenvalue weighted by Gasteiger charge is 2.33. The number of amides is 2. The lowest BCUT2D eigenvalue weighted by Gasteiger charge is -2.16. The van der Waals surface area contributed by atoms with E-state index in [1.54, 1.807) is 19.2 Å². The molecule has 1 aliphatic heterocycles. The molecule has 1 aliphatic rings. The Bertz CT molecular complexity index is 906. The third kappa shape index (κ3) is 4.43. The number of ether oxygens (including phenoxy) is 2. The van der Waals surface area contributed by atoms with Gasteiger partial charge in [0.1, 0.15) is 17.2 Å². The zero-order chi connectivity index (χ0) is 20.3. The monoisotopic (exact) mass is 392 g/mol. The van der Waals surface area contributed by atoms with Gasteiger partial charge in [0.2, 0.25) is 0 Å². The SMILES string of the molecule is COc1ccc(CNC2=CC(=O)N(c3ccc(OC(F)(F)F)cc3)C2=O)cc1. The van der Waals surface area contributed by atoms with E-state index in [0.717, 1.165) is 28.7 Å². The van der Waals surface area contributed by atoms with Crippen molar-refractivity contribution in [3.05, 3.63) is 65.9 Å². The Balaban J connectivity index is 1.65. The highest BCUT2D eigenvalue weighted by molar-refractivity contribution is 6.30. The molecule has 0 bridgehead atoms. The Morgan fingerprint density at radius 1 is 0.964 bits per heavy atom. The summed E-state index contributed by atoms with van der Waals surface area (Å²) in [7, 11) is 1.55. The van der Waals surface area contributed by atoms with E-state index < -0.39 is 23.9 Å². The van der Waals surface area contributed by atoms with Gasteiger partial charge in [-0.3, -0.25) is 9.59 Å². The van der Waals surface area contributed by atoms with E-state index in [9.17, 15) is 22.8 Å². The number of hydrogen-bond donors (Lipinski definition) is 1. The maximum atomic E-state index is 12.5. The number of benzene rings is 2. The van der Waals surface area contributed by atoms with Crippen molar-refractivity contribution in [2.45, 2.75) is 12.9 Å². The standard InChI is InChI=1S/C19H15F3N2O4/c1-27-14-6-2-12(3-7-14)11-23-16-10-17(25)24(18(16)26)13-4-8-15(9-5-13)28-19(20,21)22/h2-10,23H,11H2,1H3. The van der Waals surface area contributed by atoms with E-state index in [2.05, 4.69) is 10.1 Å². The first-order valence-corrected chi connectivity index (χ1v) is 8.09. The van der Waals surface area contributed by atoms with E-state index in [1.165, 1.54) is 12.1 Å². The molecular weight excluding hydrogens is 377 g/mol. The number of methoxy groups -OCH3 is 1. The van der Waals surface area contributed by atoms with Gasteiger partial charge in [-0.25, -0.2) is 4.90 Å². The van der Waals surface area contributed by atoms with Gasteiger partial charge in [-0.1, -0.05) is 12.1 Å². The van der Waals surface area contributed by atoms with Gasteiger partial charge < -0.3 is 14.8 Å². The molecule has 9 heteroatoms. The van der Waals surface area contributed by atoms with Crippen molar-refractivity contribution in [3.8, 4) is 11.5 Å². The molecule has 0 unspecified atom stereocenters. The highest BCUT2D eigenvalue weighted by atomic mass is 19.4. The van der Waals surface area contributed by atoms with Crippen molar-refractivity contribution in [1.29, 1.82) is 0 Å². The largest absolute Gasteiger partial charge is 0.573 e. The number of anilines is 1. The second kappa shape index (κ2) is 7.63. The number of hydrogen-bond acceptors (Lipinski definition) is 5. The van der Waals surface area contributed by atoms with Crippen molar-refractivity contribution < 1.29 is 32.2 Å². The third-order valence-electron chi connectivity index (χ3n) is 3.89. The first kappa shape index (κ1) is 19.3. The van der Waals surface area contributed by atoms with Crippen molar-refractivity contribution in [1.82, 2.24) is 5.32 Å². The fourth-order valence-electron chi connectivity index (χ4n) is 2.58. The van der Waals surface area contributed by atoms with E-state index in [1.807, 2.05) is 12.1 Å². The zero-order valence-electron chi connectivity index (χ0n) is 14.6. The van der Waals surface area contributed by atoms with Crippen LogP contribution in [-0.2, 0) is 16.1 Å². The number of nitrogens with zero attached hydrogens (tertiary/aromatic N) is 1. The van der Waals surface area contributed by atoms with Crippen molar-refractivity contribution >= 4 is 17.5 Å². The maximum Gasteiger partial charge on any atom is 0.573 e. The second-order valence-corrected chi connectivity index (χ2v) is 5.78. The molecular formula is C19H15F3N2O4. The number of carbonyl (C=O) groups excluding carboxylic acids is 2. The lowest BCUT2D eigenvalue weighted by molar-refractivity contribution is -0.274. The Hall–Kier alpha value is -3.49. The van der Waals surface area contributed by atoms with Crippen LogP contribution in [-0.4, -0.2) is 25.3 Å². The molecule has 0 atom stereocenters. The summed E-state index contributed by atoms with van der Waals surface area (Å²) in [5.74, 6) is -0.935. The lowest BCUT2D eigenvalue weighted by atomic mass is 10.2. The molecule has 0 saturated carbocycles. The highest BCUT2D eigenvalue weighted by Crippen LogP contribution is 2.27. The first-order valence-electron chi connectivity index (χ1n) is 8.09. The van der Waals surface area contributed by atoms with Crippen LogP contribution in [0.1, 0.15) is 5.56 Å². The Kier molecular flexibility index (Phi) is 5.25. The molecule has 2 amide bonds. The normalized spacial score (nSPS) is 14.1. The molecule has 3 rings (SSSR count). The van der Waals surface area contributed by atoms with E-state index >= 15 is 0 Å². The van der Waals surface area contributed by atoms with Crippen LogP contribution in [0.25, 0.3) is 0 Å². The lowest BCUT2D eigenvalue weighted by Crippen LogP contribution is -2.33. The molecule has 0 aromatic heterocycles. The topological polar surface area (TPSA) is 67.9 Å². The summed E-state index contributed by atoms with van der Waals surface area (Å²) in [5.41, 5.74) is 1.10. The Labute approximate surface area is 158 Å². The van der Waals surface area contributed by atoms with Gasteiger partial charge in [0.05, 0.1) is 12.8 Å². The molecule has 2 aromatic rings. The molecule has 0 aliphatic carbocycles. The predicted octanol–water partition coefficient (Wildman–Crippen LogP) is 3.14. The van der Waals surface area contributed by atoms with Crippen LogP contribution in [0.15, 0.2) is 60.3 Å². The molecule has 0 saturated heterocycles. The summed E-state index contributed by atoms with van der Waals surface area (Å²) in [6, 6.07) is 11.6. The molecule has 0 spiro atoms. The van der Waals surface area contributed by atoms with Gasteiger partial charge in [-0.2, -0.15) is 0 Å². The summed E-state index contributed by atoms with van der Waals surface area (Å²) < 4.78 is 45.5. The fourth-order valence-corrected chi connectivity index (χ4v) is 2.58. The number of rotatable bonds is 6. The molecule has 146 valence electrons. The first-order chi connectivity index (χ1) is 13.3. The molecule has 1 N–H and O–H groups in total. The van der Waals surface area contributed by atoms with E-state index in [4.69, 9.17) is 4.74 Å². The molecule has 0 fully saturated rings. The van der Waals surface area contributed by atoms with Gasteiger partial charge in [0.25, 0.3) is 11.8 Å². The van der Waals surface area contributed by atoms with Crippen LogP contribution in [0.4, 0.5) is 18.9 Å². The van der Waals surface area contributed by atoms with Crippen molar-refractivity contribution in [2.24, 2.45) is 0 Å². The van der Waals surface area contributed by atoms with Crippen LogP contribution in [0.3, 0.4) is 0 Å². The van der Waals surface area contributed by atoms with Crippen molar-refractivity contribution in [3.63, 3.8) is 0 Å². The minimum atomic E-state index is -4.82. The van der Waals surface area contributed by atoms with Crippen LogP contribution < -0.4 is 19.7 Å². The predicted molar refractivity (Wildman–Crippen MR) is 93.5 cm³/mol. The zero-order valence-corrected chi connectivity index (χ0v) is 14.6. The van der Waals surface area contributed by atoms with Crippen molar-refractivity contribution in [2.75, 3.05) is 12.0 Å². The van der Waals surface area contributed by atoms with Gasteiger partial charge in [0.15, 0.2) is 0 Å². The summed E-state index contributed by atoms with van der Waals surface area (Å²) >= 11 is 0. The number of imide groups is 1. The maximum absolute atomic E-state index is 12.5. The third-order valence-corrected chi connectivity index (χ3v) is 3.89. The molecule has 6 nitrogen and oxygen atoms in total. The number of nitrogens with one attached hydrogen (secondary N) is 1. The van der Waals surface area contributed by atoms with Gasteiger partial charge in [-0.05, 0) is 42.0 Å². The summed E-state index contributed by atoms with van der Waals surface area (Å²) in [5, 5.41) is 2.89. The van der Waals surface area contributed by atoms with Gasteiger partial charge in [0, 0.05) is 12.6 Å². The minimum Gasteiger partial charge on any atom is -0.497 e. The fraction of sp³-hybridized carbons (Fsp3) is 0.158. The average molecular weight is 392 g/mol. The molecule has 1 heterocycles. The minimum absolute atomic E-state index is 0.0939. The van der Waals surface area contributed by atoms with Crippen LogP contribution >= 0.6 is 0 Å². The van der Waals surface area contributed by atoms with Crippen LogP contribution in [0.5, 0.6) is 11.5 Å².